The van der Waals surface area contributed by atoms with Crippen LogP contribution in [0.2, 0.25) is 0 Å². The van der Waals surface area contributed by atoms with Gasteiger partial charge in [0.2, 0.25) is 0 Å². The fourth-order valence-corrected chi connectivity index (χ4v) is 5.00. The highest BCUT2D eigenvalue weighted by Gasteiger charge is 2.28. The Labute approximate surface area is 201 Å². The summed E-state index contributed by atoms with van der Waals surface area (Å²) >= 11 is 0. The number of anilines is 1. The number of carbonyl (C=O) groups is 1. The van der Waals surface area contributed by atoms with Crippen LogP contribution in [0.1, 0.15) is 10.4 Å². The van der Waals surface area contributed by atoms with Gasteiger partial charge in [-0.05, 0) is 36.4 Å². The van der Waals surface area contributed by atoms with E-state index in [1.165, 1.54) is 12.4 Å². The quantitative estimate of drug-likeness (QED) is 0.408. The van der Waals surface area contributed by atoms with Crippen molar-refractivity contribution in [2.75, 3.05) is 44.4 Å². The molecule has 0 spiro atoms. The Kier molecular flexibility index (Phi) is 5.81. The lowest BCUT2D eigenvalue weighted by Crippen LogP contribution is -2.49. The monoisotopic (exact) mass is 493 g/mol. The van der Waals surface area contributed by atoms with Crippen molar-refractivity contribution in [2.45, 2.75) is 4.90 Å². The van der Waals surface area contributed by atoms with E-state index in [2.05, 4.69) is 20.3 Å². The van der Waals surface area contributed by atoms with Crippen molar-refractivity contribution in [1.82, 2.24) is 29.9 Å². The summed E-state index contributed by atoms with van der Waals surface area (Å²) in [6, 6.07) is 13.7. The summed E-state index contributed by atoms with van der Waals surface area (Å²) in [5.74, 6) is 1.07. The standard InChI is InChI=1S/C23H23N7O4S/c1-34-17-9-7-16(8-10-17)30-22-20(26-27-30)21(24-15-25-22)28-11-13-29(14-12-28)23(31)18-5-3-4-6-19(18)35(2,32)33/h3-10,15H,11-14H2,1-2H3. The van der Waals surface area contributed by atoms with Gasteiger partial charge in [0.25, 0.3) is 5.91 Å². The lowest BCUT2D eigenvalue weighted by Gasteiger charge is -2.35. The third-order valence-electron chi connectivity index (χ3n) is 5.92. The van der Waals surface area contributed by atoms with Crippen LogP contribution in [-0.2, 0) is 9.84 Å². The number of ether oxygens (including phenoxy) is 1. The number of hydrogen-bond donors (Lipinski definition) is 0. The Bertz CT molecular complexity index is 1490. The van der Waals surface area contributed by atoms with Gasteiger partial charge in [-0.1, -0.05) is 17.3 Å². The summed E-state index contributed by atoms with van der Waals surface area (Å²) in [6.45, 7) is 1.84. The third kappa shape index (κ3) is 4.28. The van der Waals surface area contributed by atoms with Crippen LogP contribution < -0.4 is 9.64 Å². The molecule has 1 aliphatic heterocycles. The number of methoxy groups -OCH3 is 1. The molecule has 2 aromatic carbocycles. The van der Waals surface area contributed by atoms with E-state index in [4.69, 9.17) is 4.74 Å². The smallest absolute Gasteiger partial charge is 0.255 e. The van der Waals surface area contributed by atoms with E-state index in [0.29, 0.717) is 43.2 Å². The first kappa shape index (κ1) is 22.7. The summed E-state index contributed by atoms with van der Waals surface area (Å²) in [5, 5.41) is 8.59. The zero-order chi connectivity index (χ0) is 24.6. The Morgan fingerprint density at radius 1 is 0.971 bits per heavy atom. The molecule has 0 radical (unpaired) electrons. The van der Waals surface area contributed by atoms with Crippen molar-refractivity contribution in [3.8, 4) is 11.4 Å². The molecule has 0 unspecified atom stereocenters. The van der Waals surface area contributed by atoms with Crippen LogP contribution >= 0.6 is 0 Å². The Hall–Kier alpha value is -4.06. The Morgan fingerprint density at radius 3 is 2.37 bits per heavy atom. The molecule has 1 amide bonds. The molecule has 5 rings (SSSR count). The van der Waals surface area contributed by atoms with Gasteiger partial charge in [-0.2, -0.15) is 4.68 Å². The van der Waals surface area contributed by atoms with E-state index < -0.39 is 9.84 Å². The molecule has 35 heavy (non-hydrogen) atoms. The van der Waals surface area contributed by atoms with Gasteiger partial charge in [-0.25, -0.2) is 18.4 Å². The van der Waals surface area contributed by atoms with Crippen molar-refractivity contribution in [3.63, 3.8) is 0 Å². The number of carbonyl (C=O) groups excluding carboxylic acids is 1. The summed E-state index contributed by atoms with van der Waals surface area (Å²) in [7, 11) is -1.91. The first-order valence-corrected chi connectivity index (χ1v) is 12.8. The number of aromatic nitrogens is 5. The zero-order valence-electron chi connectivity index (χ0n) is 19.2. The fourth-order valence-electron chi connectivity index (χ4n) is 4.12. The molecule has 3 heterocycles. The number of sulfone groups is 1. The number of benzene rings is 2. The zero-order valence-corrected chi connectivity index (χ0v) is 20.0. The van der Waals surface area contributed by atoms with Gasteiger partial charge < -0.3 is 14.5 Å². The minimum Gasteiger partial charge on any atom is -0.497 e. The van der Waals surface area contributed by atoms with Crippen molar-refractivity contribution in [2.24, 2.45) is 0 Å². The van der Waals surface area contributed by atoms with Crippen molar-refractivity contribution >= 4 is 32.7 Å². The first-order chi connectivity index (χ1) is 16.9. The average Bonchev–Trinajstić information content (AvgIpc) is 3.32. The number of piperazine rings is 1. The van der Waals surface area contributed by atoms with Gasteiger partial charge in [-0.15, -0.1) is 5.10 Å². The molecular weight excluding hydrogens is 470 g/mol. The second kappa shape index (κ2) is 8.95. The number of fused-ring (bicyclic) bond motifs is 1. The maximum absolute atomic E-state index is 13.1. The van der Waals surface area contributed by atoms with Crippen molar-refractivity contribution < 1.29 is 17.9 Å². The maximum Gasteiger partial charge on any atom is 0.255 e. The first-order valence-electron chi connectivity index (χ1n) is 10.9. The van der Waals surface area contributed by atoms with Crippen LogP contribution in [0.5, 0.6) is 5.75 Å². The molecule has 0 atom stereocenters. The fraction of sp³-hybridized carbons (Fsp3) is 0.261. The van der Waals surface area contributed by atoms with Gasteiger partial charge in [-0.3, -0.25) is 4.79 Å². The lowest BCUT2D eigenvalue weighted by molar-refractivity contribution is 0.0742. The maximum atomic E-state index is 13.1. The van der Waals surface area contributed by atoms with Crippen LogP contribution in [0.4, 0.5) is 5.82 Å². The van der Waals surface area contributed by atoms with E-state index in [-0.39, 0.29) is 16.4 Å². The molecule has 4 aromatic rings. The van der Waals surface area contributed by atoms with Crippen LogP contribution in [0, 0.1) is 0 Å². The second-order valence-electron chi connectivity index (χ2n) is 8.12. The van der Waals surface area contributed by atoms with Gasteiger partial charge in [0.1, 0.15) is 12.1 Å². The molecule has 0 N–H and O–H groups in total. The SMILES string of the molecule is COc1ccc(-n2nnc3c(N4CCN(C(=O)c5ccccc5S(C)(=O)=O)CC4)ncnc32)cc1. The molecule has 0 aliphatic carbocycles. The van der Waals surface area contributed by atoms with Gasteiger partial charge in [0.05, 0.1) is 23.3 Å². The second-order valence-corrected chi connectivity index (χ2v) is 10.1. The highest BCUT2D eigenvalue weighted by atomic mass is 32.2. The number of rotatable bonds is 5. The summed E-state index contributed by atoms with van der Waals surface area (Å²) in [4.78, 5) is 25.7. The molecule has 1 fully saturated rings. The van der Waals surface area contributed by atoms with Crippen LogP contribution in [0.3, 0.4) is 0 Å². The van der Waals surface area contributed by atoms with E-state index in [0.717, 1.165) is 17.7 Å². The molecule has 0 saturated carbocycles. The molecule has 1 saturated heterocycles. The minimum absolute atomic E-state index is 0.0417. The van der Waals surface area contributed by atoms with E-state index in [1.54, 1.807) is 34.9 Å². The Morgan fingerprint density at radius 2 is 1.69 bits per heavy atom. The van der Waals surface area contributed by atoms with E-state index in [9.17, 15) is 13.2 Å². The summed E-state index contributed by atoms with van der Waals surface area (Å²) in [6.07, 6.45) is 2.58. The minimum atomic E-state index is -3.52. The van der Waals surface area contributed by atoms with Gasteiger partial charge in [0.15, 0.2) is 26.8 Å². The lowest BCUT2D eigenvalue weighted by atomic mass is 10.2. The highest BCUT2D eigenvalue weighted by Crippen LogP contribution is 2.25. The van der Waals surface area contributed by atoms with Gasteiger partial charge >= 0.3 is 0 Å². The van der Waals surface area contributed by atoms with E-state index in [1.807, 2.05) is 29.2 Å². The topological polar surface area (TPSA) is 123 Å². The summed E-state index contributed by atoms with van der Waals surface area (Å²) in [5.41, 5.74) is 2.11. The normalized spacial score (nSPS) is 14.3. The number of hydrogen-bond acceptors (Lipinski definition) is 9. The average molecular weight is 494 g/mol. The summed E-state index contributed by atoms with van der Waals surface area (Å²) < 4.78 is 31.1. The molecule has 11 nitrogen and oxygen atoms in total. The molecule has 1 aliphatic rings. The van der Waals surface area contributed by atoms with Gasteiger partial charge in [0, 0.05) is 32.4 Å². The molecule has 0 bridgehead atoms. The molecule has 2 aromatic heterocycles. The Balaban J connectivity index is 1.36. The predicted octanol–water partition coefficient (Wildman–Crippen LogP) is 1.58. The number of nitrogens with zero attached hydrogens (tertiary/aromatic N) is 7. The van der Waals surface area contributed by atoms with Crippen molar-refractivity contribution in [1.29, 1.82) is 0 Å². The predicted molar refractivity (Wildman–Crippen MR) is 129 cm³/mol. The van der Waals surface area contributed by atoms with E-state index >= 15 is 0 Å². The number of amides is 1. The highest BCUT2D eigenvalue weighted by molar-refractivity contribution is 7.90. The molecule has 180 valence electrons. The van der Waals surface area contributed by atoms with Crippen LogP contribution in [0.15, 0.2) is 59.8 Å². The van der Waals surface area contributed by atoms with Crippen LogP contribution in [-0.4, -0.2) is 83.7 Å². The molecule has 12 heteroatoms. The molecular formula is C23H23N7O4S. The van der Waals surface area contributed by atoms with Crippen LogP contribution in [0.25, 0.3) is 16.9 Å². The third-order valence-corrected chi connectivity index (χ3v) is 7.07. The van der Waals surface area contributed by atoms with Crippen molar-refractivity contribution in [3.05, 3.63) is 60.4 Å². The largest absolute Gasteiger partial charge is 0.497 e.